The quantitative estimate of drug-likeness (QED) is 0.730. The second kappa shape index (κ2) is 4.86. The number of hydrogen-bond acceptors (Lipinski definition) is 4. The van der Waals surface area contributed by atoms with Crippen molar-refractivity contribution in [2.24, 2.45) is 0 Å². The van der Waals surface area contributed by atoms with Crippen LogP contribution >= 0.6 is 0 Å². The van der Waals surface area contributed by atoms with Crippen LogP contribution in [-0.2, 0) is 4.74 Å². The van der Waals surface area contributed by atoms with Crippen molar-refractivity contribution in [2.75, 3.05) is 24.6 Å². The molecule has 0 saturated carbocycles. The minimum atomic E-state index is -0.0600. The normalized spacial score (nSPS) is 24.0. The van der Waals surface area contributed by atoms with Crippen molar-refractivity contribution in [3.05, 3.63) is 23.8 Å². The van der Waals surface area contributed by atoms with Crippen LogP contribution in [0.2, 0.25) is 0 Å². The molecule has 5 heteroatoms. The highest BCUT2D eigenvalue weighted by atomic mass is 16.5. The first-order valence-corrected chi connectivity index (χ1v) is 6.06. The van der Waals surface area contributed by atoms with Crippen LogP contribution in [0, 0.1) is 0 Å². The Morgan fingerprint density at radius 3 is 2.78 bits per heavy atom. The van der Waals surface area contributed by atoms with Gasteiger partial charge in [-0.05, 0) is 32.0 Å². The summed E-state index contributed by atoms with van der Waals surface area (Å²) in [6, 6.07) is 5.05. The summed E-state index contributed by atoms with van der Waals surface area (Å²) in [5.74, 6) is -0.0600. The molecule has 1 aromatic rings. The molecule has 0 bridgehead atoms. The number of carbonyl (C=O) groups excluding carboxylic acids is 1. The first kappa shape index (κ1) is 12.7. The van der Waals surface area contributed by atoms with E-state index in [4.69, 9.17) is 16.2 Å². The van der Waals surface area contributed by atoms with Crippen LogP contribution in [0.25, 0.3) is 0 Å². The van der Waals surface area contributed by atoms with Crippen LogP contribution in [0.3, 0.4) is 0 Å². The molecule has 1 fully saturated rings. The van der Waals surface area contributed by atoms with E-state index in [-0.39, 0.29) is 18.1 Å². The Labute approximate surface area is 107 Å². The highest BCUT2D eigenvalue weighted by molar-refractivity contribution is 5.99. The molecule has 5 nitrogen and oxygen atoms in total. The lowest BCUT2D eigenvalue weighted by Crippen LogP contribution is -2.50. The molecule has 2 unspecified atom stereocenters. The molecule has 4 N–H and O–H groups in total. The predicted octanol–water partition coefficient (Wildman–Crippen LogP) is 1.10. The maximum Gasteiger partial charge on any atom is 0.256 e. The fourth-order valence-corrected chi connectivity index (χ4v) is 2.12. The lowest BCUT2D eigenvalue weighted by atomic mass is 10.1. The molecule has 1 aromatic carbocycles. The number of ether oxygens (including phenoxy) is 1. The zero-order valence-corrected chi connectivity index (χ0v) is 10.7. The fourth-order valence-electron chi connectivity index (χ4n) is 2.12. The van der Waals surface area contributed by atoms with Crippen molar-refractivity contribution in [1.29, 1.82) is 0 Å². The molecule has 0 radical (unpaired) electrons. The smallest absolute Gasteiger partial charge is 0.256 e. The summed E-state index contributed by atoms with van der Waals surface area (Å²) >= 11 is 0. The largest absolute Gasteiger partial charge is 0.399 e. The average Bonchev–Trinajstić information content (AvgIpc) is 2.31. The van der Waals surface area contributed by atoms with Gasteiger partial charge in [-0.1, -0.05) is 0 Å². The number of rotatable bonds is 1. The number of nitrogens with zero attached hydrogens (tertiary/aromatic N) is 1. The second-order valence-corrected chi connectivity index (χ2v) is 4.80. The van der Waals surface area contributed by atoms with Gasteiger partial charge in [0, 0.05) is 17.9 Å². The summed E-state index contributed by atoms with van der Waals surface area (Å²) in [4.78, 5) is 14.2. The lowest BCUT2D eigenvalue weighted by Gasteiger charge is -2.37. The van der Waals surface area contributed by atoms with Gasteiger partial charge in [-0.2, -0.15) is 0 Å². The van der Waals surface area contributed by atoms with Crippen LogP contribution in [0.15, 0.2) is 18.2 Å². The van der Waals surface area contributed by atoms with Gasteiger partial charge in [0.25, 0.3) is 5.91 Å². The molecular weight excluding hydrogens is 230 g/mol. The van der Waals surface area contributed by atoms with Gasteiger partial charge >= 0.3 is 0 Å². The predicted molar refractivity (Wildman–Crippen MR) is 71.2 cm³/mol. The third kappa shape index (κ3) is 2.41. The average molecular weight is 249 g/mol. The summed E-state index contributed by atoms with van der Waals surface area (Å²) in [5, 5.41) is 0. The molecule has 0 aliphatic carbocycles. The van der Waals surface area contributed by atoms with Gasteiger partial charge < -0.3 is 21.1 Å². The lowest BCUT2D eigenvalue weighted by molar-refractivity contribution is -0.0386. The third-order valence-corrected chi connectivity index (χ3v) is 3.17. The van der Waals surface area contributed by atoms with Crippen molar-refractivity contribution in [3.63, 3.8) is 0 Å². The number of amides is 1. The van der Waals surface area contributed by atoms with E-state index < -0.39 is 0 Å². The molecule has 1 saturated heterocycles. The van der Waals surface area contributed by atoms with Crippen molar-refractivity contribution in [1.82, 2.24) is 4.90 Å². The minimum Gasteiger partial charge on any atom is -0.399 e. The Morgan fingerprint density at radius 2 is 2.11 bits per heavy atom. The second-order valence-electron chi connectivity index (χ2n) is 4.80. The number of benzene rings is 1. The standard InChI is InChI=1S/C13H19N3O2/c1-8-7-18-9(2)6-16(8)13(17)11-4-3-10(14)5-12(11)15/h3-5,8-9H,6-7,14-15H2,1-2H3. The zero-order valence-electron chi connectivity index (χ0n) is 10.7. The summed E-state index contributed by atoms with van der Waals surface area (Å²) in [6.45, 7) is 5.07. The monoisotopic (exact) mass is 249 g/mol. The van der Waals surface area contributed by atoms with E-state index in [9.17, 15) is 4.79 Å². The third-order valence-electron chi connectivity index (χ3n) is 3.17. The number of hydrogen-bond donors (Lipinski definition) is 2. The molecule has 0 spiro atoms. The first-order chi connectivity index (χ1) is 8.49. The van der Waals surface area contributed by atoms with Gasteiger partial charge in [-0.15, -0.1) is 0 Å². The van der Waals surface area contributed by atoms with Crippen LogP contribution in [-0.4, -0.2) is 36.1 Å². The van der Waals surface area contributed by atoms with Crippen LogP contribution in [0.1, 0.15) is 24.2 Å². The molecule has 2 rings (SSSR count). The topological polar surface area (TPSA) is 81.6 Å². The van der Waals surface area contributed by atoms with Crippen LogP contribution in [0.4, 0.5) is 11.4 Å². The van der Waals surface area contributed by atoms with Gasteiger partial charge in [-0.25, -0.2) is 0 Å². The van der Waals surface area contributed by atoms with Crippen molar-refractivity contribution in [3.8, 4) is 0 Å². The Kier molecular flexibility index (Phi) is 3.43. The van der Waals surface area contributed by atoms with E-state index in [0.29, 0.717) is 30.1 Å². The molecular formula is C13H19N3O2. The number of morpholine rings is 1. The van der Waals surface area contributed by atoms with Crippen LogP contribution < -0.4 is 11.5 Å². The van der Waals surface area contributed by atoms with Gasteiger partial charge in [-0.3, -0.25) is 4.79 Å². The van der Waals surface area contributed by atoms with E-state index in [1.54, 1.807) is 23.1 Å². The molecule has 1 aliphatic rings. The van der Waals surface area contributed by atoms with Crippen molar-refractivity contribution < 1.29 is 9.53 Å². The maximum atomic E-state index is 12.4. The number of anilines is 2. The molecule has 98 valence electrons. The Bertz CT molecular complexity index is 462. The summed E-state index contributed by atoms with van der Waals surface area (Å²) in [6.07, 6.45) is 0.0557. The molecule has 18 heavy (non-hydrogen) atoms. The fraction of sp³-hybridized carbons (Fsp3) is 0.462. The summed E-state index contributed by atoms with van der Waals surface area (Å²) < 4.78 is 5.51. The van der Waals surface area contributed by atoms with E-state index >= 15 is 0 Å². The minimum absolute atomic E-state index is 0.0557. The Balaban J connectivity index is 2.24. The summed E-state index contributed by atoms with van der Waals surface area (Å²) in [5.41, 5.74) is 13.0. The van der Waals surface area contributed by atoms with Crippen molar-refractivity contribution in [2.45, 2.75) is 26.0 Å². The number of nitrogens with two attached hydrogens (primary N) is 2. The first-order valence-electron chi connectivity index (χ1n) is 6.06. The highest BCUT2D eigenvalue weighted by Crippen LogP contribution is 2.21. The van der Waals surface area contributed by atoms with Gasteiger partial charge in [0.2, 0.25) is 0 Å². The Hall–Kier alpha value is -1.75. The number of nitrogen functional groups attached to an aromatic ring is 2. The van der Waals surface area contributed by atoms with E-state index in [0.717, 1.165) is 0 Å². The van der Waals surface area contributed by atoms with Crippen molar-refractivity contribution >= 4 is 17.3 Å². The maximum absolute atomic E-state index is 12.4. The van der Waals surface area contributed by atoms with E-state index in [2.05, 4.69) is 0 Å². The zero-order chi connectivity index (χ0) is 13.3. The van der Waals surface area contributed by atoms with Gasteiger partial charge in [0.1, 0.15) is 0 Å². The molecule has 2 atom stereocenters. The number of carbonyl (C=O) groups is 1. The summed E-state index contributed by atoms with van der Waals surface area (Å²) in [7, 11) is 0. The molecule has 0 aromatic heterocycles. The highest BCUT2D eigenvalue weighted by Gasteiger charge is 2.29. The van der Waals surface area contributed by atoms with Crippen LogP contribution in [0.5, 0.6) is 0 Å². The van der Waals surface area contributed by atoms with Gasteiger partial charge in [0.05, 0.1) is 24.3 Å². The molecule has 1 aliphatic heterocycles. The molecule has 1 amide bonds. The van der Waals surface area contributed by atoms with E-state index in [1.807, 2.05) is 13.8 Å². The molecule has 1 heterocycles. The Morgan fingerprint density at radius 1 is 1.39 bits per heavy atom. The SMILES string of the molecule is CC1CN(C(=O)c2ccc(N)cc2N)C(C)CO1. The van der Waals surface area contributed by atoms with Gasteiger partial charge in [0.15, 0.2) is 0 Å². The van der Waals surface area contributed by atoms with E-state index in [1.165, 1.54) is 0 Å².